The molecule has 39 heavy (non-hydrogen) atoms. The molecule has 224 valence electrons. The van der Waals surface area contributed by atoms with Gasteiger partial charge in [0, 0.05) is 39.3 Å². The second-order valence-electron chi connectivity index (χ2n) is 12.1. The van der Waals surface area contributed by atoms with Crippen molar-refractivity contribution < 1.29 is 31.1 Å². The Morgan fingerprint density at radius 3 is 2.15 bits per heavy atom. The first kappa shape index (κ1) is 30.2. The molecule has 0 aromatic heterocycles. The van der Waals surface area contributed by atoms with Gasteiger partial charge in [0.25, 0.3) is 0 Å². The molecular formula is C27H43F6N5O. The molecule has 0 aromatic rings. The highest BCUT2D eigenvalue weighted by Gasteiger charge is 2.51. The normalized spacial score (nSPS) is 29.0. The van der Waals surface area contributed by atoms with Gasteiger partial charge in [-0.05, 0) is 63.2 Å². The summed E-state index contributed by atoms with van der Waals surface area (Å²) in [6.45, 7) is 3.29. The molecule has 1 saturated heterocycles. The molecule has 2 aliphatic carbocycles. The van der Waals surface area contributed by atoms with Crippen molar-refractivity contribution in [1.82, 2.24) is 20.4 Å². The van der Waals surface area contributed by atoms with Gasteiger partial charge in [0.05, 0.1) is 24.4 Å². The van der Waals surface area contributed by atoms with Crippen molar-refractivity contribution in [3.63, 3.8) is 0 Å². The Hall–Kier alpha value is -1.72. The van der Waals surface area contributed by atoms with Gasteiger partial charge in [0.1, 0.15) is 0 Å². The molecule has 3 fully saturated rings. The third-order valence-electron chi connectivity index (χ3n) is 9.27. The summed E-state index contributed by atoms with van der Waals surface area (Å²) < 4.78 is 80.5. The lowest BCUT2D eigenvalue weighted by Gasteiger charge is -2.43. The van der Waals surface area contributed by atoms with Crippen molar-refractivity contribution in [2.75, 3.05) is 39.8 Å². The first-order valence-corrected chi connectivity index (χ1v) is 14.6. The van der Waals surface area contributed by atoms with Crippen LogP contribution < -0.4 is 10.6 Å². The minimum Gasteiger partial charge on any atom is -0.355 e. The van der Waals surface area contributed by atoms with Crippen molar-refractivity contribution in [2.24, 2.45) is 28.7 Å². The molecule has 0 radical (unpaired) electrons. The molecule has 3 atom stereocenters. The maximum atomic E-state index is 13.8. The van der Waals surface area contributed by atoms with Gasteiger partial charge in [0.15, 0.2) is 5.96 Å². The van der Waals surface area contributed by atoms with E-state index in [4.69, 9.17) is 0 Å². The second-order valence-corrected chi connectivity index (χ2v) is 12.1. The lowest BCUT2D eigenvalue weighted by atomic mass is 9.73. The van der Waals surface area contributed by atoms with Crippen molar-refractivity contribution in [2.45, 2.75) is 95.1 Å². The first-order chi connectivity index (χ1) is 18.4. The van der Waals surface area contributed by atoms with E-state index in [0.717, 1.165) is 77.1 Å². The maximum Gasteiger partial charge on any atom is 0.391 e. The minimum atomic E-state index is -4.64. The molecular weight excluding hydrogens is 524 g/mol. The molecule has 3 unspecified atom stereocenters. The van der Waals surface area contributed by atoms with Crippen LogP contribution in [0.4, 0.5) is 26.3 Å². The SMILES string of the molecule is CN(CCC1CC(C(F)(F)F)CC(C(F)(F)F)C1)C(=O)C(C1CCCCC1)N1CCC(NC2=NCCN2)CC1. The molecule has 2 aliphatic heterocycles. The molecule has 1 amide bonds. The standard InChI is InChI=1S/C27H43F6N5O/c1-37(12-7-18-15-20(26(28,29)30)17-21(16-18)27(31,32)33)24(39)23(19-5-3-2-4-6-19)38-13-8-22(9-14-38)36-25-34-10-11-35-25/h18-23H,2-17H2,1H3,(H2,34,35,36). The monoisotopic (exact) mass is 567 g/mol. The number of nitrogens with one attached hydrogen (secondary N) is 2. The van der Waals surface area contributed by atoms with E-state index in [-0.39, 0.29) is 49.7 Å². The summed E-state index contributed by atoms with van der Waals surface area (Å²) in [6, 6.07) is -0.0182. The van der Waals surface area contributed by atoms with E-state index in [1.165, 1.54) is 0 Å². The summed E-state index contributed by atoms with van der Waals surface area (Å²) in [7, 11) is 1.65. The van der Waals surface area contributed by atoms with Crippen LogP contribution in [0.2, 0.25) is 0 Å². The van der Waals surface area contributed by atoms with Crippen LogP contribution in [0.15, 0.2) is 4.99 Å². The van der Waals surface area contributed by atoms with Gasteiger partial charge in [-0.3, -0.25) is 14.7 Å². The first-order valence-electron chi connectivity index (χ1n) is 14.6. The highest BCUT2D eigenvalue weighted by molar-refractivity contribution is 5.82. The molecule has 4 rings (SSSR count). The summed E-state index contributed by atoms with van der Waals surface area (Å²) in [5, 5.41) is 6.68. The fraction of sp³-hybridized carbons (Fsp3) is 0.926. The number of likely N-dealkylation sites (tertiary alicyclic amines) is 1. The summed E-state index contributed by atoms with van der Waals surface area (Å²) >= 11 is 0. The number of halogens is 6. The smallest absolute Gasteiger partial charge is 0.355 e. The second kappa shape index (κ2) is 12.9. The van der Waals surface area contributed by atoms with Crippen LogP contribution in [0.5, 0.6) is 0 Å². The Bertz CT molecular complexity index is 814. The molecule has 0 bridgehead atoms. The van der Waals surface area contributed by atoms with E-state index in [0.29, 0.717) is 0 Å². The van der Waals surface area contributed by atoms with Crippen LogP contribution in [0.1, 0.15) is 70.6 Å². The summed E-state index contributed by atoms with van der Waals surface area (Å²) in [6.07, 6.45) is -3.65. The molecule has 12 heteroatoms. The number of piperidine rings is 1. The van der Waals surface area contributed by atoms with Gasteiger partial charge in [-0.15, -0.1) is 0 Å². The highest BCUT2D eigenvalue weighted by atomic mass is 19.4. The number of rotatable bonds is 7. The number of guanidine groups is 1. The molecule has 0 spiro atoms. The highest BCUT2D eigenvalue weighted by Crippen LogP contribution is 2.48. The molecule has 2 heterocycles. The Morgan fingerprint density at radius 2 is 1.62 bits per heavy atom. The van der Waals surface area contributed by atoms with Crippen LogP contribution in [-0.2, 0) is 4.79 Å². The van der Waals surface area contributed by atoms with Crippen LogP contribution in [0.25, 0.3) is 0 Å². The van der Waals surface area contributed by atoms with Gasteiger partial charge in [-0.25, -0.2) is 0 Å². The molecule has 6 nitrogen and oxygen atoms in total. The van der Waals surface area contributed by atoms with Crippen LogP contribution in [-0.4, -0.2) is 85.9 Å². The van der Waals surface area contributed by atoms with Crippen molar-refractivity contribution in [3.05, 3.63) is 0 Å². The summed E-state index contributed by atoms with van der Waals surface area (Å²) in [4.78, 5) is 22.0. The van der Waals surface area contributed by atoms with Crippen molar-refractivity contribution >= 4 is 11.9 Å². The summed E-state index contributed by atoms with van der Waals surface area (Å²) in [5.41, 5.74) is 0. The maximum absolute atomic E-state index is 13.8. The van der Waals surface area contributed by atoms with Crippen LogP contribution >= 0.6 is 0 Å². The lowest BCUT2D eigenvalue weighted by Crippen LogP contribution is -2.56. The minimum absolute atomic E-state index is 0.0503. The van der Waals surface area contributed by atoms with Gasteiger partial charge in [-0.2, -0.15) is 26.3 Å². The van der Waals surface area contributed by atoms with E-state index < -0.39 is 36.5 Å². The number of amides is 1. The van der Waals surface area contributed by atoms with E-state index in [1.807, 2.05) is 0 Å². The average Bonchev–Trinajstić information content (AvgIpc) is 3.41. The third-order valence-corrected chi connectivity index (χ3v) is 9.27. The Balaban J connectivity index is 1.36. The van der Waals surface area contributed by atoms with Crippen molar-refractivity contribution in [3.8, 4) is 0 Å². The predicted octanol–water partition coefficient (Wildman–Crippen LogP) is 4.95. The Labute approximate surface area is 227 Å². The number of carbonyl (C=O) groups excluding carboxylic acids is 1. The number of hydrogen-bond acceptors (Lipinski definition) is 5. The van der Waals surface area contributed by atoms with Crippen molar-refractivity contribution in [1.29, 1.82) is 0 Å². The lowest BCUT2D eigenvalue weighted by molar-refractivity contribution is -0.229. The van der Waals surface area contributed by atoms with Crippen LogP contribution in [0.3, 0.4) is 0 Å². The molecule has 2 N–H and O–H groups in total. The molecule has 2 saturated carbocycles. The number of hydrogen-bond donors (Lipinski definition) is 2. The van der Waals surface area contributed by atoms with E-state index >= 15 is 0 Å². The van der Waals surface area contributed by atoms with Gasteiger partial charge >= 0.3 is 12.4 Å². The van der Waals surface area contributed by atoms with Gasteiger partial charge in [-0.1, -0.05) is 19.3 Å². The zero-order valence-corrected chi connectivity index (χ0v) is 22.8. The fourth-order valence-electron chi connectivity index (χ4n) is 7.04. The zero-order chi connectivity index (χ0) is 28.2. The fourth-order valence-corrected chi connectivity index (χ4v) is 7.04. The Morgan fingerprint density at radius 1 is 1.00 bits per heavy atom. The van der Waals surface area contributed by atoms with Gasteiger partial charge < -0.3 is 15.5 Å². The number of carbonyl (C=O) groups is 1. The topological polar surface area (TPSA) is 60.0 Å². The molecule has 0 aromatic carbocycles. The quantitative estimate of drug-likeness (QED) is 0.428. The number of nitrogens with zero attached hydrogens (tertiary/aromatic N) is 3. The van der Waals surface area contributed by atoms with Gasteiger partial charge in [0.2, 0.25) is 5.91 Å². The third kappa shape index (κ3) is 8.16. The van der Waals surface area contributed by atoms with E-state index in [1.54, 1.807) is 11.9 Å². The summed E-state index contributed by atoms with van der Waals surface area (Å²) in [5.74, 6) is -3.60. The largest absolute Gasteiger partial charge is 0.391 e. The zero-order valence-electron chi connectivity index (χ0n) is 22.8. The van der Waals surface area contributed by atoms with E-state index in [9.17, 15) is 31.1 Å². The number of alkyl halides is 6. The molecule has 4 aliphatic rings. The Kier molecular flexibility index (Phi) is 9.96. The average molecular weight is 568 g/mol. The number of likely N-dealkylation sites (N-methyl/N-ethyl adjacent to an activating group) is 1. The van der Waals surface area contributed by atoms with E-state index in [2.05, 4.69) is 20.5 Å². The predicted molar refractivity (Wildman–Crippen MR) is 137 cm³/mol. The number of aliphatic imine (C=N–C) groups is 1. The van der Waals surface area contributed by atoms with Crippen LogP contribution in [0, 0.1) is 23.7 Å².